The number of fused-ring (bicyclic) bond motifs is 1. The quantitative estimate of drug-likeness (QED) is 0.676. The number of amides is 1. The Morgan fingerprint density at radius 3 is 2.52 bits per heavy atom. The van der Waals surface area contributed by atoms with E-state index in [2.05, 4.69) is 5.32 Å². The molecule has 136 valence electrons. The van der Waals surface area contributed by atoms with E-state index in [9.17, 15) is 23.5 Å². The molecule has 2 N–H and O–H groups in total. The van der Waals surface area contributed by atoms with Crippen LogP contribution in [0.4, 0.5) is 14.5 Å². The molecule has 3 aromatic rings. The molecule has 1 amide bonds. The number of halogens is 2. The van der Waals surface area contributed by atoms with Gasteiger partial charge in [0.1, 0.15) is 16.5 Å². The van der Waals surface area contributed by atoms with Crippen LogP contribution in [-0.4, -0.2) is 17.0 Å². The summed E-state index contributed by atoms with van der Waals surface area (Å²) in [6.07, 6.45) is 0.0961. The maximum absolute atomic E-state index is 13.7. The Hall–Kier alpha value is -3.06. The molecule has 27 heavy (non-hydrogen) atoms. The van der Waals surface area contributed by atoms with E-state index in [4.69, 9.17) is 0 Å². The highest BCUT2D eigenvalue weighted by Gasteiger charge is 2.34. The first-order valence-corrected chi connectivity index (χ1v) is 8.97. The highest BCUT2D eigenvalue weighted by molar-refractivity contribution is 7.15. The predicted molar refractivity (Wildman–Crippen MR) is 98.2 cm³/mol. The van der Waals surface area contributed by atoms with Crippen LogP contribution in [0, 0.1) is 11.6 Å². The summed E-state index contributed by atoms with van der Waals surface area (Å²) in [5.41, 5.74) is 1.84. The lowest BCUT2D eigenvalue weighted by molar-refractivity contribution is -0.116. The van der Waals surface area contributed by atoms with Crippen LogP contribution >= 0.6 is 11.3 Å². The van der Waals surface area contributed by atoms with E-state index < -0.39 is 23.5 Å². The highest BCUT2D eigenvalue weighted by Crippen LogP contribution is 2.49. The van der Waals surface area contributed by atoms with Crippen LogP contribution in [0.5, 0.6) is 0 Å². The minimum absolute atomic E-state index is 0.0511. The van der Waals surface area contributed by atoms with E-state index in [1.807, 2.05) is 0 Å². The van der Waals surface area contributed by atoms with Gasteiger partial charge in [-0.2, -0.15) is 0 Å². The van der Waals surface area contributed by atoms with Gasteiger partial charge in [0.2, 0.25) is 5.91 Å². The molecule has 0 aliphatic carbocycles. The molecule has 1 aliphatic rings. The first-order chi connectivity index (χ1) is 12.9. The molecule has 0 saturated heterocycles. The molecule has 0 radical (unpaired) electrons. The number of thiophene rings is 1. The van der Waals surface area contributed by atoms with Gasteiger partial charge in [-0.15, -0.1) is 11.3 Å². The zero-order valence-corrected chi connectivity index (χ0v) is 14.6. The van der Waals surface area contributed by atoms with Crippen LogP contribution in [0.15, 0.2) is 48.5 Å². The van der Waals surface area contributed by atoms with Crippen molar-refractivity contribution in [3.8, 4) is 11.1 Å². The lowest BCUT2D eigenvalue weighted by Gasteiger charge is -2.24. The minimum atomic E-state index is -1.14. The third kappa shape index (κ3) is 3.10. The Labute approximate surface area is 157 Å². The van der Waals surface area contributed by atoms with Crippen molar-refractivity contribution in [2.24, 2.45) is 0 Å². The second-order valence-corrected chi connectivity index (χ2v) is 7.27. The van der Waals surface area contributed by atoms with Crippen molar-refractivity contribution in [2.45, 2.75) is 12.3 Å². The van der Waals surface area contributed by atoms with Gasteiger partial charge in [0, 0.05) is 22.8 Å². The van der Waals surface area contributed by atoms with Gasteiger partial charge in [0.25, 0.3) is 0 Å². The van der Waals surface area contributed by atoms with Gasteiger partial charge in [-0.3, -0.25) is 4.79 Å². The summed E-state index contributed by atoms with van der Waals surface area (Å²) in [5.74, 6) is -2.73. The number of benzene rings is 2. The SMILES string of the molecule is O=C1CC(c2cccc(F)c2)c2sc(C(=O)O)c(-c3ccc(F)cc3)c2N1. The first kappa shape index (κ1) is 17.4. The first-order valence-electron chi connectivity index (χ1n) is 8.15. The average Bonchev–Trinajstić information content (AvgIpc) is 3.01. The molecule has 0 spiro atoms. The number of hydrogen-bond donors (Lipinski definition) is 2. The Morgan fingerprint density at radius 2 is 1.85 bits per heavy atom. The van der Waals surface area contributed by atoms with Gasteiger partial charge in [-0.1, -0.05) is 24.3 Å². The smallest absolute Gasteiger partial charge is 0.346 e. The maximum atomic E-state index is 13.7. The molecule has 1 unspecified atom stereocenters. The second-order valence-electron chi connectivity index (χ2n) is 6.22. The van der Waals surface area contributed by atoms with Crippen molar-refractivity contribution in [1.82, 2.24) is 0 Å². The van der Waals surface area contributed by atoms with E-state index in [1.54, 1.807) is 12.1 Å². The number of rotatable bonds is 3. The number of hydrogen-bond acceptors (Lipinski definition) is 3. The number of carboxylic acid groups (broad SMARTS) is 1. The van der Waals surface area contributed by atoms with E-state index in [0.717, 1.165) is 11.3 Å². The lowest BCUT2D eigenvalue weighted by atomic mass is 9.88. The fourth-order valence-electron chi connectivity index (χ4n) is 3.32. The Morgan fingerprint density at radius 1 is 1.11 bits per heavy atom. The topological polar surface area (TPSA) is 66.4 Å². The number of carbonyl (C=O) groups is 2. The largest absolute Gasteiger partial charge is 0.477 e. The van der Waals surface area contributed by atoms with Crippen molar-refractivity contribution in [3.63, 3.8) is 0 Å². The summed E-state index contributed by atoms with van der Waals surface area (Å²) in [5, 5.41) is 12.4. The number of nitrogens with one attached hydrogen (secondary N) is 1. The molecule has 0 fully saturated rings. The molecule has 1 aliphatic heterocycles. The Bertz CT molecular complexity index is 1060. The molecular formula is C20H13F2NO3S. The summed E-state index contributed by atoms with van der Waals surface area (Å²) >= 11 is 1.05. The van der Waals surface area contributed by atoms with Gasteiger partial charge >= 0.3 is 5.97 Å². The zero-order chi connectivity index (χ0) is 19.1. The molecule has 0 bridgehead atoms. The zero-order valence-electron chi connectivity index (χ0n) is 13.8. The molecule has 7 heteroatoms. The van der Waals surface area contributed by atoms with Gasteiger partial charge < -0.3 is 10.4 Å². The normalized spacial score (nSPS) is 15.9. The summed E-state index contributed by atoms with van der Waals surface area (Å²) in [6, 6.07) is 11.4. The molecule has 2 heterocycles. The standard InChI is InChI=1S/C20H13F2NO3S/c21-12-6-4-10(5-7-12)16-17-18(27-19(16)20(25)26)14(9-15(24)23-17)11-2-1-3-13(22)8-11/h1-8,14H,9H2,(H,23,24)(H,25,26). The summed E-state index contributed by atoms with van der Waals surface area (Å²) < 4.78 is 27.0. The highest BCUT2D eigenvalue weighted by atomic mass is 32.1. The number of anilines is 1. The van der Waals surface area contributed by atoms with Crippen LogP contribution < -0.4 is 5.32 Å². The third-order valence-corrected chi connectivity index (χ3v) is 5.78. The van der Waals surface area contributed by atoms with Crippen molar-refractivity contribution < 1.29 is 23.5 Å². The van der Waals surface area contributed by atoms with Gasteiger partial charge in [0.05, 0.1) is 5.69 Å². The van der Waals surface area contributed by atoms with Crippen LogP contribution in [0.2, 0.25) is 0 Å². The molecule has 0 saturated carbocycles. The van der Waals surface area contributed by atoms with Crippen LogP contribution in [-0.2, 0) is 4.79 Å². The number of carbonyl (C=O) groups excluding carboxylic acids is 1. The summed E-state index contributed by atoms with van der Waals surface area (Å²) in [6.45, 7) is 0. The van der Waals surface area contributed by atoms with Gasteiger partial charge in [-0.05, 0) is 35.4 Å². The Kier molecular flexibility index (Phi) is 4.24. The Balaban J connectivity index is 1.94. The lowest BCUT2D eigenvalue weighted by Crippen LogP contribution is -2.22. The van der Waals surface area contributed by atoms with E-state index in [1.165, 1.54) is 36.4 Å². The fraction of sp³-hybridized carbons (Fsp3) is 0.100. The van der Waals surface area contributed by atoms with Gasteiger partial charge in [0.15, 0.2) is 0 Å². The molecular weight excluding hydrogens is 372 g/mol. The second kappa shape index (κ2) is 6.59. The van der Waals surface area contributed by atoms with Crippen molar-refractivity contribution in [3.05, 3.63) is 75.5 Å². The molecule has 1 atom stereocenters. The van der Waals surface area contributed by atoms with Crippen LogP contribution in [0.1, 0.15) is 32.5 Å². The molecule has 4 nitrogen and oxygen atoms in total. The molecule has 1 aromatic heterocycles. The number of carboxylic acids is 1. The van der Waals surface area contributed by atoms with Crippen molar-refractivity contribution in [2.75, 3.05) is 5.32 Å². The predicted octanol–water partition coefficient (Wildman–Crippen LogP) is 4.87. The van der Waals surface area contributed by atoms with Crippen LogP contribution in [0.3, 0.4) is 0 Å². The minimum Gasteiger partial charge on any atom is -0.477 e. The van der Waals surface area contributed by atoms with E-state index >= 15 is 0 Å². The summed E-state index contributed by atoms with van der Waals surface area (Å²) in [7, 11) is 0. The van der Waals surface area contributed by atoms with Gasteiger partial charge in [-0.25, -0.2) is 13.6 Å². The van der Waals surface area contributed by atoms with Crippen molar-refractivity contribution >= 4 is 28.9 Å². The van der Waals surface area contributed by atoms with E-state index in [0.29, 0.717) is 27.3 Å². The van der Waals surface area contributed by atoms with E-state index in [-0.39, 0.29) is 17.2 Å². The average molecular weight is 385 g/mol. The third-order valence-electron chi connectivity index (χ3n) is 4.48. The molecule has 4 rings (SSSR count). The summed E-state index contributed by atoms with van der Waals surface area (Å²) in [4.78, 5) is 24.8. The fourth-order valence-corrected chi connectivity index (χ4v) is 4.57. The maximum Gasteiger partial charge on any atom is 0.346 e. The monoisotopic (exact) mass is 385 g/mol. The molecule has 2 aromatic carbocycles. The van der Waals surface area contributed by atoms with Crippen LogP contribution in [0.25, 0.3) is 11.1 Å². The number of aromatic carboxylic acids is 1. The van der Waals surface area contributed by atoms with Crippen molar-refractivity contribution in [1.29, 1.82) is 0 Å².